The zero-order valence-electron chi connectivity index (χ0n) is 22.2. The van der Waals surface area contributed by atoms with Crippen molar-refractivity contribution in [1.82, 2.24) is 9.19 Å². The Morgan fingerprint density at radius 1 is 0.974 bits per heavy atom. The lowest BCUT2D eigenvalue weighted by Gasteiger charge is -2.35. The van der Waals surface area contributed by atoms with Crippen molar-refractivity contribution in [2.45, 2.75) is 49.5 Å². The largest absolute Gasteiger partial charge is 0.443 e. The molecular formula is C31H31N3O4S. The molecule has 200 valence electrons. The number of fused-ring (bicyclic) bond motifs is 1. The molecular weight excluding hydrogens is 510 g/mol. The number of carbonyl (C=O) groups is 1. The van der Waals surface area contributed by atoms with Gasteiger partial charge in [0.15, 0.2) is 0 Å². The molecule has 1 amide bonds. The summed E-state index contributed by atoms with van der Waals surface area (Å²) in [5.41, 5.74) is 8.50. The summed E-state index contributed by atoms with van der Waals surface area (Å²) in [4.78, 5) is 11.7. The summed E-state index contributed by atoms with van der Waals surface area (Å²) in [7, 11) is -4.03. The molecule has 1 heterocycles. The van der Waals surface area contributed by atoms with Gasteiger partial charge in [-0.25, -0.2) is 4.79 Å². The highest BCUT2D eigenvalue weighted by molar-refractivity contribution is 7.89. The number of allylic oxidation sites excluding steroid dienone is 1. The molecule has 0 radical (unpaired) electrons. The van der Waals surface area contributed by atoms with Gasteiger partial charge < -0.3 is 10.5 Å². The van der Waals surface area contributed by atoms with Gasteiger partial charge in [-0.2, -0.15) is 17.6 Å². The maximum Gasteiger partial charge on any atom is 0.405 e. The summed E-state index contributed by atoms with van der Waals surface area (Å²) < 4.78 is 34.5. The number of carbonyl (C=O) groups excluding carboxylic acids is 1. The SMILES string of the molecule is Cc1ccc(S(=O)(=O)n2nc(CC(C)(C)OC(N)=O)c3c2CC(c2ccccc2)(c2ccccc2)C=C3)cc1. The van der Waals surface area contributed by atoms with Gasteiger partial charge in [0.05, 0.1) is 16.3 Å². The fraction of sp³-hybridized carbons (Fsp3) is 0.226. The number of rotatable bonds is 7. The molecule has 3 aromatic carbocycles. The Labute approximate surface area is 229 Å². The molecule has 4 aromatic rings. The summed E-state index contributed by atoms with van der Waals surface area (Å²) in [6.45, 7) is 5.36. The van der Waals surface area contributed by atoms with Gasteiger partial charge in [0.25, 0.3) is 10.0 Å². The number of aryl methyl sites for hydroxylation is 1. The molecule has 1 aliphatic carbocycles. The second-order valence-corrected chi connectivity index (χ2v) is 12.3. The lowest BCUT2D eigenvalue weighted by Crippen LogP contribution is -2.34. The molecule has 39 heavy (non-hydrogen) atoms. The van der Waals surface area contributed by atoms with Crippen molar-refractivity contribution in [2.75, 3.05) is 0 Å². The highest BCUT2D eigenvalue weighted by atomic mass is 32.2. The third-order valence-electron chi connectivity index (χ3n) is 7.14. The number of hydrogen-bond acceptors (Lipinski definition) is 5. The second-order valence-electron chi connectivity index (χ2n) is 10.5. The predicted molar refractivity (Wildman–Crippen MR) is 151 cm³/mol. The van der Waals surface area contributed by atoms with Crippen molar-refractivity contribution in [3.8, 4) is 0 Å². The van der Waals surface area contributed by atoms with E-state index in [2.05, 4.69) is 35.4 Å². The fourth-order valence-electron chi connectivity index (χ4n) is 5.28. The molecule has 0 unspecified atom stereocenters. The summed E-state index contributed by atoms with van der Waals surface area (Å²) in [5, 5.41) is 4.65. The van der Waals surface area contributed by atoms with E-state index in [-0.39, 0.29) is 11.3 Å². The van der Waals surface area contributed by atoms with Crippen LogP contribution in [0.2, 0.25) is 0 Å². The number of hydrogen-bond donors (Lipinski definition) is 1. The first kappa shape index (κ1) is 26.4. The number of nitrogens with zero attached hydrogens (tertiary/aromatic N) is 2. The molecule has 0 saturated carbocycles. The van der Waals surface area contributed by atoms with E-state index in [4.69, 9.17) is 10.5 Å². The first-order valence-electron chi connectivity index (χ1n) is 12.7. The van der Waals surface area contributed by atoms with E-state index in [0.717, 1.165) is 20.8 Å². The highest BCUT2D eigenvalue weighted by Crippen LogP contribution is 2.43. The smallest absolute Gasteiger partial charge is 0.405 e. The van der Waals surface area contributed by atoms with Crippen LogP contribution >= 0.6 is 0 Å². The van der Waals surface area contributed by atoms with Gasteiger partial charge >= 0.3 is 6.09 Å². The maximum atomic E-state index is 14.0. The topological polar surface area (TPSA) is 104 Å². The first-order valence-corrected chi connectivity index (χ1v) is 14.2. The minimum absolute atomic E-state index is 0.150. The molecule has 5 rings (SSSR count). The van der Waals surface area contributed by atoms with Crippen molar-refractivity contribution < 1.29 is 17.9 Å². The predicted octanol–water partition coefficient (Wildman–Crippen LogP) is 5.40. The van der Waals surface area contributed by atoms with E-state index < -0.39 is 27.1 Å². The van der Waals surface area contributed by atoms with Gasteiger partial charge in [-0.3, -0.25) is 0 Å². The quantitative estimate of drug-likeness (QED) is 0.337. The van der Waals surface area contributed by atoms with Crippen LogP contribution < -0.4 is 5.73 Å². The van der Waals surface area contributed by atoms with Crippen LogP contribution in [0.15, 0.2) is 95.9 Å². The Kier molecular flexibility index (Phi) is 6.68. The lowest BCUT2D eigenvalue weighted by molar-refractivity contribution is 0.0452. The molecule has 0 saturated heterocycles. The number of aromatic nitrogens is 2. The minimum Gasteiger partial charge on any atom is -0.443 e. The number of primary amides is 1. The normalized spacial score (nSPS) is 14.5. The van der Waals surface area contributed by atoms with E-state index in [1.165, 1.54) is 0 Å². The second kappa shape index (κ2) is 9.85. The van der Waals surface area contributed by atoms with E-state index in [0.29, 0.717) is 23.4 Å². The Bertz CT molecular complexity index is 1600. The zero-order chi connectivity index (χ0) is 27.8. The molecule has 2 N–H and O–H groups in total. The van der Waals surface area contributed by atoms with E-state index >= 15 is 0 Å². The summed E-state index contributed by atoms with van der Waals surface area (Å²) in [6, 6.07) is 26.8. The third kappa shape index (κ3) is 5.00. The van der Waals surface area contributed by atoms with Gasteiger partial charge in [-0.15, -0.1) is 0 Å². The van der Waals surface area contributed by atoms with Crippen LogP contribution in [-0.4, -0.2) is 29.3 Å². The average molecular weight is 542 g/mol. The third-order valence-corrected chi connectivity index (χ3v) is 8.76. The average Bonchev–Trinajstić information content (AvgIpc) is 3.26. The monoisotopic (exact) mass is 541 g/mol. The van der Waals surface area contributed by atoms with Crippen molar-refractivity contribution in [3.05, 3.63) is 125 Å². The van der Waals surface area contributed by atoms with Gasteiger partial charge in [0.2, 0.25) is 0 Å². The summed E-state index contributed by atoms with van der Waals surface area (Å²) >= 11 is 0. The molecule has 0 fully saturated rings. The van der Waals surface area contributed by atoms with Crippen LogP contribution in [0.25, 0.3) is 6.08 Å². The summed E-state index contributed by atoms with van der Waals surface area (Å²) in [5.74, 6) is 0. The van der Waals surface area contributed by atoms with Crippen molar-refractivity contribution in [2.24, 2.45) is 5.73 Å². The Hall–Kier alpha value is -4.17. The van der Waals surface area contributed by atoms with Crippen molar-refractivity contribution >= 4 is 22.2 Å². The van der Waals surface area contributed by atoms with Gasteiger partial charge in [0.1, 0.15) is 5.60 Å². The van der Waals surface area contributed by atoms with E-state index in [1.54, 1.807) is 38.1 Å². The molecule has 0 atom stereocenters. The van der Waals surface area contributed by atoms with Crippen molar-refractivity contribution in [3.63, 3.8) is 0 Å². The molecule has 1 aliphatic rings. The van der Waals surface area contributed by atoms with E-state index in [1.807, 2.05) is 49.4 Å². The standard InChI is InChI=1S/C31H31N3O4S/c1-22-14-16-25(17-15-22)39(36,37)34-28-21-31(23-10-6-4-7-11-23,24-12-8-5-9-13-24)19-18-26(28)27(33-34)20-30(2,3)38-29(32)35/h4-19H,20-21H2,1-3H3,(H2,32,35). The van der Waals surface area contributed by atoms with Crippen LogP contribution in [0.3, 0.4) is 0 Å². The Morgan fingerprint density at radius 2 is 1.54 bits per heavy atom. The molecule has 0 spiro atoms. The van der Waals surface area contributed by atoms with Gasteiger partial charge in [0, 0.05) is 23.8 Å². The molecule has 0 aliphatic heterocycles. The molecule has 8 heteroatoms. The van der Waals surface area contributed by atoms with Gasteiger partial charge in [-0.05, 0) is 44.0 Å². The van der Waals surface area contributed by atoms with Crippen molar-refractivity contribution in [1.29, 1.82) is 0 Å². The molecule has 7 nitrogen and oxygen atoms in total. The van der Waals surface area contributed by atoms with Gasteiger partial charge in [-0.1, -0.05) is 90.5 Å². The molecule has 0 bridgehead atoms. The lowest BCUT2D eigenvalue weighted by atomic mass is 9.68. The number of benzene rings is 3. The minimum atomic E-state index is -4.03. The zero-order valence-corrected chi connectivity index (χ0v) is 23.0. The van der Waals surface area contributed by atoms with E-state index in [9.17, 15) is 13.2 Å². The summed E-state index contributed by atoms with van der Waals surface area (Å²) in [6.07, 6.45) is 3.71. The van der Waals surface area contributed by atoms with Crippen LogP contribution in [0.1, 0.15) is 47.5 Å². The molecule has 1 aromatic heterocycles. The maximum absolute atomic E-state index is 14.0. The number of amides is 1. The first-order chi connectivity index (χ1) is 18.5. The highest BCUT2D eigenvalue weighted by Gasteiger charge is 2.40. The van der Waals surface area contributed by atoms with Crippen LogP contribution in [0, 0.1) is 6.92 Å². The number of nitrogens with two attached hydrogens (primary N) is 1. The Balaban J connectivity index is 1.72. The van der Waals surface area contributed by atoms with Crippen LogP contribution in [-0.2, 0) is 33.0 Å². The Morgan fingerprint density at radius 3 is 2.08 bits per heavy atom. The van der Waals surface area contributed by atoms with Crippen LogP contribution in [0.5, 0.6) is 0 Å². The fourth-order valence-corrected chi connectivity index (χ4v) is 6.62. The van der Waals surface area contributed by atoms with Crippen LogP contribution in [0.4, 0.5) is 4.79 Å². The number of ether oxygens (including phenoxy) is 1.